The molecule has 0 spiro atoms. The van der Waals surface area contributed by atoms with Gasteiger partial charge in [-0.15, -0.1) is 0 Å². The first-order valence-corrected chi connectivity index (χ1v) is 9.17. The van der Waals surface area contributed by atoms with Gasteiger partial charge in [-0.25, -0.2) is 0 Å². The fourth-order valence-corrected chi connectivity index (χ4v) is 3.42. The van der Waals surface area contributed by atoms with Crippen molar-refractivity contribution in [3.8, 4) is 0 Å². The maximum atomic E-state index is 12.7. The molecule has 0 aliphatic carbocycles. The van der Waals surface area contributed by atoms with Gasteiger partial charge in [0.25, 0.3) is 0 Å². The molecule has 1 fully saturated rings. The summed E-state index contributed by atoms with van der Waals surface area (Å²) < 4.78 is 6.00. The van der Waals surface area contributed by atoms with Gasteiger partial charge in [-0.05, 0) is 39.7 Å². The van der Waals surface area contributed by atoms with Crippen LogP contribution < -0.4 is 5.32 Å². The van der Waals surface area contributed by atoms with E-state index in [0.717, 1.165) is 5.56 Å². The predicted octanol–water partition coefficient (Wildman–Crippen LogP) is 3.06. The zero-order chi connectivity index (χ0) is 18.4. The molecule has 1 aromatic rings. The molecule has 5 heteroatoms. The molecule has 1 saturated heterocycles. The maximum absolute atomic E-state index is 12.7. The van der Waals surface area contributed by atoms with Gasteiger partial charge in [0.1, 0.15) is 6.10 Å². The predicted molar refractivity (Wildman–Crippen MR) is 98.0 cm³/mol. The number of nitrogens with one attached hydrogen (secondary N) is 1. The van der Waals surface area contributed by atoms with Crippen molar-refractivity contribution < 1.29 is 14.3 Å². The minimum absolute atomic E-state index is 0.00744. The van der Waals surface area contributed by atoms with E-state index in [1.807, 2.05) is 62.9 Å². The second-order valence-electron chi connectivity index (χ2n) is 7.13. The van der Waals surface area contributed by atoms with E-state index in [4.69, 9.17) is 4.74 Å². The lowest BCUT2D eigenvalue weighted by atomic mass is 9.98. The molecule has 0 saturated carbocycles. The molecule has 1 N–H and O–H groups in total. The van der Waals surface area contributed by atoms with E-state index >= 15 is 0 Å². The number of benzene rings is 1. The van der Waals surface area contributed by atoms with Crippen LogP contribution in [0.5, 0.6) is 0 Å². The minimum atomic E-state index is -0.106. The van der Waals surface area contributed by atoms with Gasteiger partial charge in [0.15, 0.2) is 0 Å². The van der Waals surface area contributed by atoms with E-state index in [1.54, 1.807) is 0 Å². The van der Waals surface area contributed by atoms with Crippen LogP contribution in [0.1, 0.15) is 58.6 Å². The van der Waals surface area contributed by atoms with Crippen LogP contribution in [-0.4, -0.2) is 41.4 Å². The van der Waals surface area contributed by atoms with Crippen LogP contribution in [0.3, 0.4) is 0 Å². The largest absolute Gasteiger partial charge is 0.369 e. The topological polar surface area (TPSA) is 58.6 Å². The Kier molecular flexibility index (Phi) is 7.00. The van der Waals surface area contributed by atoms with Gasteiger partial charge in [0.2, 0.25) is 11.8 Å². The average Bonchev–Trinajstić information content (AvgIpc) is 2.55. The number of ether oxygens (including phenoxy) is 1. The highest BCUT2D eigenvalue weighted by molar-refractivity contribution is 5.79. The van der Waals surface area contributed by atoms with Crippen molar-refractivity contribution in [3.05, 3.63) is 35.9 Å². The average molecular weight is 346 g/mol. The third-order valence-electron chi connectivity index (χ3n) is 4.53. The van der Waals surface area contributed by atoms with Gasteiger partial charge in [0, 0.05) is 18.9 Å². The van der Waals surface area contributed by atoms with Crippen molar-refractivity contribution in [2.75, 3.05) is 6.61 Å². The number of nitrogens with zero attached hydrogens (tertiary/aromatic N) is 1. The second kappa shape index (κ2) is 8.99. The maximum Gasteiger partial charge on any atom is 0.223 e. The smallest absolute Gasteiger partial charge is 0.223 e. The molecule has 25 heavy (non-hydrogen) atoms. The van der Waals surface area contributed by atoms with Crippen LogP contribution in [0.15, 0.2) is 30.3 Å². The number of hydrogen-bond donors (Lipinski definition) is 1. The Morgan fingerprint density at radius 3 is 2.52 bits per heavy atom. The van der Waals surface area contributed by atoms with Gasteiger partial charge in [-0.1, -0.05) is 30.3 Å². The molecule has 0 radical (unpaired) electrons. The Hall–Kier alpha value is -1.88. The Morgan fingerprint density at radius 2 is 1.88 bits per heavy atom. The molecule has 1 heterocycles. The van der Waals surface area contributed by atoms with Crippen LogP contribution >= 0.6 is 0 Å². The zero-order valence-corrected chi connectivity index (χ0v) is 15.7. The van der Waals surface area contributed by atoms with Crippen molar-refractivity contribution in [2.45, 2.75) is 71.2 Å². The fraction of sp³-hybridized carbons (Fsp3) is 0.600. The third kappa shape index (κ3) is 5.30. The highest BCUT2D eigenvalue weighted by Gasteiger charge is 2.36. The number of hydrogen-bond acceptors (Lipinski definition) is 3. The molecule has 2 amide bonds. The monoisotopic (exact) mass is 346 g/mol. The quantitative estimate of drug-likeness (QED) is 0.861. The Labute approximate surface area is 150 Å². The first kappa shape index (κ1) is 19.4. The van der Waals surface area contributed by atoms with Crippen molar-refractivity contribution >= 4 is 11.8 Å². The lowest BCUT2D eigenvalue weighted by Crippen LogP contribution is -2.53. The van der Waals surface area contributed by atoms with Gasteiger partial charge >= 0.3 is 0 Å². The minimum Gasteiger partial charge on any atom is -0.369 e. The van der Waals surface area contributed by atoms with Crippen LogP contribution in [0.25, 0.3) is 0 Å². The highest BCUT2D eigenvalue weighted by Crippen LogP contribution is 2.31. The summed E-state index contributed by atoms with van der Waals surface area (Å²) in [5.74, 6) is 0.106. The molecule has 0 unspecified atom stereocenters. The normalized spacial score (nSPS) is 23.6. The molecule has 3 atom stereocenters. The van der Waals surface area contributed by atoms with Gasteiger partial charge in [-0.2, -0.15) is 0 Å². The van der Waals surface area contributed by atoms with Crippen molar-refractivity contribution in [3.63, 3.8) is 0 Å². The van der Waals surface area contributed by atoms with Crippen molar-refractivity contribution in [2.24, 2.45) is 0 Å². The number of morpholine rings is 1. The van der Waals surface area contributed by atoms with Crippen LogP contribution in [0.4, 0.5) is 0 Å². The molecule has 1 aromatic carbocycles. The molecule has 138 valence electrons. The zero-order valence-electron chi connectivity index (χ0n) is 15.7. The van der Waals surface area contributed by atoms with Crippen LogP contribution in [0, 0.1) is 0 Å². The molecule has 0 aromatic heterocycles. The van der Waals surface area contributed by atoms with Crippen LogP contribution in [-0.2, 0) is 14.3 Å². The first-order chi connectivity index (χ1) is 11.9. The summed E-state index contributed by atoms with van der Waals surface area (Å²) in [5.41, 5.74) is 1.09. The lowest BCUT2D eigenvalue weighted by Gasteiger charge is -2.44. The molecule has 5 nitrogen and oxygen atoms in total. The molecule has 1 aliphatic heterocycles. The van der Waals surface area contributed by atoms with E-state index < -0.39 is 0 Å². The Balaban J connectivity index is 1.94. The van der Waals surface area contributed by atoms with E-state index in [2.05, 4.69) is 5.32 Å². The summed E-state index contributed by atoms with van der Waals surface area (Å²) in [5, 5.41) is 2.86. The fourth-order valence-electron chi connectivity index (χ4n) is 3.42. The van der Waals surface area contributed by atoms with E-state index in [1.165, 1.54) is 0 Å². The van der Waals surface area contributed by atoms with Crippen molar-refractivity contribution in [1.29, 1.82) is 0 Å². The molecular formula is C20H30N2O3. The standard InChI is InChI=1S/C20H30N2O3/c1-14(2)21-18(23)11-8-12-19(24)22-15(3)13-25-20(16(22)4)17-9-6-5-7-10-17/h5-7,9-10,14-16,20H,8,11-13H2,1-4H3,(H,21,23)/t15-,16-,20-/m1/s1. The summed E-state index contributed by atoms with van der Waals surface area (Å²) in [7, 11) is 0. The van der Waals surface area contributed by atoms with Gasteiger partial charge < -0.3 is 15.0 Å². The molecular weight excluding hydrogens is 316 g/mol. The summed E-state index contributed by atoms with van der Waals surface area (Å²) in [6, 6.07) is 10.2. The second-order valence-corrected chi connectivity index (χ2v) is 7.13. The Morgan fingerprint density at radius 1 is 1.20 bits per heavy atom. The third-order valence-corrected chi connectivity index (χ3v) is 4.53. The number of rotatable bonds is 6. The molecule has 1 aliphatic rings. The summed E-state index contributed by atoms with van der Waals surface area (Å²) in [6.07, 6.45) is 1.25. The molecule has 2 rings (SSSR count). The summed E-state index contributed by atoms with van der Waals surface area (Å²) in [4.78, 5) is 26.4. The number of amides is 2. The molecule has 0 bridgehead atoms. The van der Waals surface area contributed by atoms with Gasteiger partial charge in [-0.3, -0.25) is 9.59 Å². The SMILES string of the molecule is CC(C)NC(=O)CCCC(=O)N1[C@H](C)CO[C@@H](c2ccccc2)[C@H]1C. The number of carbonyl (C=O) groups excluding carboxylic acids is 2. The van der Waals surface area contributed by atoms with E-state index in [0.29, 0.717) is 25.9 Å². The lowest BCUT2D eigenvalue weighted by molar-refractivity contribution is -0.153. The van der Waals surface area contributed by atoms with E-state index in [-0.39, 0.29) is 36.0 Å². The highest BCUT2D eigenvalue weighted by atomic mass is 16.5. The first-order valence-electron chi connectivity index (χ1n) is 9.17. The number of carbonyl (C=O) groups is 2. The summed E-state index contributed by atoms with van der Waals surface area (Å²) >= 11 is 0. The Bertz CT molecular complexity index is 574. The van der Waals surface area contributed by atoms with Crippen LogP contribution in [0.2, 0.25) is 0 Å². The van der Waals surface area contributed by atoms with Gasteiger partial charge in [0.05, 0.1) is 18.7 Å². The summed E-state index contributed by atoms with van der Waals surface area (Å²) in [6.45, 7) is 8.45. The van der Waals surface area contributed by atoms with Crippen molar-refractivity contribution in [1.82, 2.24) is 10.2 Å². The van der Waals surface area contributed by atoms with E-state index in [9.17, 15) is 9.59 Å².